The van der Waals surface area contributed by atoms with Crippen molar-refractivity contribution in [3.63, 3.8) is 0 Å². The molecule has 0 radical (unpaired) electrons. The lowest BCUT2D eigenvalue weighted by Crippen LogP contribution is -2.37. The SMILES string of the molecule is CCCN1c2ccccc2NC1C=O. The maximum Gasteiger partial charge on any atom is 0.162 e. The van der Waals surface area contributed by atoms with E-state index in [9.17, 15) is 4.79 Å². The zero-order valence-electron chi connectivity index (χ0n) is 8.23. The number of para-hydroxylation sites is 2. The van der Waals surface area contributed by atoms with Gasteiger partial charge < -0.3 is 10.2 Å². The Hall–Kier alpha value is -1.51. The highest BCUT2D eigenvalue weighted by Crippen LogP contribution is 2.33. The molecule has 3 nitrogen and oxygen atoms in total. The highest BCUT2D eigenvalue weighted by atomic mass is 16.1. The lowest BCUT2D eigenvalue weighted by atomic mass is 10.2. The van der Waals surface area contributed by atoms with Gasteiger partial charge in [0, 0.05) is 6.54 Å². The predicted octanol–water partition coefficient (Wildman–Crippen LogP) is 1.85. The fraction of sp³-hybridized carbons (Fsp3) is 0.364. The molecule has 0 aromatic heterocycles. The van der Waals surface area contributed by atoms with Crippen LogP contribution in [-0.4, -0.2) is 19.0 Å². The number of carbonyl (C=O) groups is 1. The quantitative estimate of drug-likeness (QED) is 0.738. The topological polar surface area (TPSA) is 32.3 Å². The summed E-state index contributed by atoms with van der Waals surface area (Å²) >= 11 is 0. The van der Waals surface area contributed by atoms with E-state index in [1.807, 2.05) is 24.3 Å². The first-order valence-electron chi connectivity index (χ1n) is 4.94. The second-order valence-electron chi connectivity index (χ2n) is 3.44. The monoisotopic (exact) mass is 190 g/mol. The molecule has 2 rings (SSSR count). The fourth-order valence-electron chi connectivity index (χ4n) is 1.84. The highest BCUT2D eigenvalue weighted by Gasteiger charge is 2.26. The van der Waals surface area contributed by atoms with Crippen molar-refractivity contribution < 1.29 is 4.79 Å². The number of rotatable bonds is 3. The van der Waals surface area contributed by atoms with Crippen molar-refractivity contribution in [2.24, 2.45) is 0 Å². The van der Waals surface area contributed by atoms with Crippen molar-refractivity contribution in [1.82, 2.24) is 0 Å². The number of hydrogen-bond donors (Lipinski definition) is 1. The molecule has 1 atom stereocenters. The first kappa shape index (κ1) is 9.06. The van der Waals surface area contributed by atoms with Gasteiger partial charge in [0.25, 0.3) is 0 Å². The maximum absolute atomic E-state index is 10.9. The number of aldehydes is 1. The second kappa shape index (κ2) is 3.70. The summed E-state index contributed by atoms with van der Waals surface area (Å²) in [6.07, 6.45) is 1.81. The van der Waals surface area contributed by atoms with Crippen LogP contribution in [0.5, 0.6) is 0 Å². The molecule has 1 heterocycles. The molecule has 1 aliphatic heterocycles. The lowest BCUT2D eigenvalue weighted by Gasteiger charge is -2.21. The van der Waals surface area contributed by atoms with E-state index in [4.69, 9.17) is 0 Å². The molecule has 1 N–H and O–H groups in total. The van der Waals surface area contributed by atoms with Crippen LogP contribution in [0.4, 0.5) is 11.4 Å². The third-order valence-corrected chi connectivity index (χ3v) is 2.45. The van der Waals surface area contributed by atoms with E-state index < -0.39 is 0 Å². The number of nitrogens with zero attached hydrogens (tertiary/aromatic N) is 1. The Balaban J connectivity index is 2.31. The van der Waals surface area contributed by atoms with Gasteiger partial charge in [-0.2, -0.15) is 0 Å². The minimum atomic E-state index is -0.188. The summed E-state index contributed by atoms with van der Waals surface area (Å²) < 4.78 is 0. The summed E-state index contributed by atoms with van der Waals surface area (Å²) in [5, 5.41) is 3.18. The standard InChI is InChI=1S/C11H14N2O/c1-2-7-13-10-6-4-3-5-9(10)12-11(13)8-14/h3-6,8,11-12H,2,7H2,1H3. The van der Waals surface area contributed by atoms with Gasteiger partial charge in [0.05, 0.1) is 11.4 Å². The van der Waals surface area contributed by atoms with Crippen LogP contribution in [0.15, 0.2) is 24.3 Å². The van der Waals surface area contributed by atoms with E-state index in [1.165, 1.54) is 0 Å². The molecule has 0 aliphatic carbocycles. The summed E-state index contributed by atoms with van der Waals surface area (Å²) in [6, 6.07) is 8.02. The molecule has 14 heavy (non-hydrogen) atoms. The number of carbonyl (C=O) groups excluding carboxylic acids is 1. The van der Waals surface area contributed by atoms with E-state index in [0.29, 0.717) is 0 Å². The predicted molar refractivity (Wildman–Crippen MR) is 57.6 cm³/mol. The number of fused-ring (bicyclic) bond motifs is 1. The molecular formula is C11H14N2O. The minimum Gasteiger partial charge on any atom is -0.358 e. The Bertz CT molecular complexity index is 338. The molecule has 1 aromatic carbocycles. The van der Waals surface area contributed by atoms with Crippen LogP contribution in [0.2, 0.25) is 0 Å². The maximum atomic E-state index is 10.9. The summed E-state index contributed by atoms with van der Waals surface area (Å²) in [5.41, 5.74) is 2.18. The third kappa shape index (κ3) is 1.35. The summed E-state index contributed by atoms with van der Waals surface area (Å²) in [4.78, 5) is 13.0. The summed E-state index contributed by atoms with van der Waals surface area (Å²) in [7, 11) is 0. The molecule has 0 bridgehead atoms. The van der Waals surface area contributed by atoms with Gasteiger partial charge in [-0.1, -0.05) is 19.1 Å². The Kier molecular flexibility index (Phi) is 2.39. The largest absolute Gasteiger partial charge is 0.358 e. The zero-order valence-corrected chi connectivity index (χ0v) is 8.23. The average molecular weight is 190 g/mol. The van der Waals surface area contributed by atoms with Gasteiger partial charge in [-0.05, 0) is 18.6 Å². The van der Waals surface area contributed by atoms with Gasteiger partial charge in [-0.25, -0.2) is 0 Å². The number of benzene rings is 1. The molecule has 1 aromatic rings. The smallest absolute Gasteiger partial charge is 0.162 e. The molecule has 0 fully saturated rings. The van der Waals surface area contributed by atoms with Crippen molar-refractivity contribution in [3.8, 4) is 0 Å². The van der Waals surface area contributed by atoms with E-state index in [0.717, 1.165) is 30.6 Å². The summed E-state index contributed by atoms with van der Waals surface area (Å²) in [5.74, 6) is 0. The van der Waals surface area contributed by atoms with Crippen LogP contribution in [0.3, 0.4) is 0 Å². The van der Waals surface area contributed by atoms with Crippen LogP contribution >= 0.6 is 0 Å². The molecule has 0 amide bonds. The van der Waals surface area contributed by atoms with Gasteiger partial charge in [0.15, 0.2) is 12.5 Å². The Labute approximate surface area is 83.7 Å². The number of hydrogen-bond acceptors (Lipinski definition) is 3. The zero-order chi connectivity index (χ0) is 9.97. The van der Waals surface area contributed by atoms with Gasteiger partial charge in [-0.15, -0.1) is 0 Å². The Morgan fingerprint density at radius 2 is 2.29 bits per heavy atom. The molecule has 0 saturated carbocycles. The normalized spacial score (nSPS) is 18.9. The average Bonchev–Trinajstić information content (AvgIpc) is 2.58. The molecule has 3 heteroatoms. The van der Waals surface area contributed by atoms with Crippen LogP contribution < -0.4 is 10.2 Å². The van der Waals surface area contributed by atoms with Crippen molar-refractivity contribution in [3.05, 3.63) is 24.3 Å². The van der Waals surface area contributed by atoms with Gasteiger partial charge in [-0.3, -0.25) is 4.79 Å². The third-order valence-electron chi connectivity index (χ3n) is 2.45. The molecule has 0 spiro atoms. The van der Waals surface area contributed by atoms with Crippen LogP contribution in [0.25, 0.3) is 0 Å². The lowest BCUT2D eigenvalue weighted by molar-refractivity contribution is -0.108. The van der Waals surface area contributed by atoms with Crippen molar-refractivity contribution in [2.45, 2.75) is 19.5 Å². The van der Waals surface area contributed by atoms with Crippen molar-refractivity contribution >= 4 is 17.7 Å². The second-order valence-corrected chi connectivity index (χ2v) is 3.44. The summed E-state index contributed by atoms with van der Waals surface area (Å²) in [6.45, 7) is 3.02. The van der Waals surface area contributed by atoms with Crippen LogP contribution in [-0.2, 0) is 4.79 Å². The van der Waals surface area contributed by atoms with Gasteiger partial charge >= 0.3 is 0 Å². The fourth-order valence-corrected chi connectivity index (χ4v) is 1.84. The number of anilines is 2. The molecular weight excluding hydrogens is 176 g/mol. The molecule has 1 unspecified atom stereocenters. The first-order chi connectivity index (χ1) is 6.86. The molecule has 74 valence electrons. The van der Waals surface area contributed by atoms with Crippen molar-refractivity contribution in [2.75, 3.05) is 16.8 Å². The first-order valence-corrected chi connectivity index (χ1v) is 4.94. The Morgan fingerprint density at radius 1 is 1.50 bits per heavy atom. The number of nitrogens with one attached hydrogen (secondary N) is 1. The Morgan fingerprint density at radius 3 is 3.00 bits per heavy atom. The minimum absolute atomic E-state index is 0.188. The van der Waals surface area contributed by atoms with Crippen LogP contribution in [0.1, 0.15) is 13.3 Å². The van der Waals surface area contributed by atoms with E-state index in [-0.39, 0.29) is 6.17 Å². The molecule has 1 aliphatic rings. The van der Waals surface area contributed by atoms with Gasteiger partial charge in [0.2, 0.25) is 0 Å². The van der Waals surface area contributed by atoms with E-state index in [1.54, 1.807) is 0 Å². The molecule has 0 saturated heterocycles. The van der Waals surface area contributed by atoms with E-state index >= 15 is 0 Å². The van der Waals surface area contributed by atoms with Gasteiger partial charge in [0.1, 0.15) is 0 Å². The van der Waals surface area contributed by atoms with Crippen molar-refractivity contribution in [1.29, 1.82) is 0 Å². The van der Waals surface area contributed by atoms with Crippen LogP contribution in [0, 0.1) is 0 Å². The van der Waals surface area contributed by atoms with E-state index in [2.05, 4.69) is 17.1 Å². The highest BCUT2D eigenvalue weighted by molar-refractivity contribution is 5.84.